The second-order valence-corrected chi connectivity index (χ2v) is 6.01. The van der Waals surface area contributed by atoms with Gasteiger partial charge in [0.15, 0.2) is 0 Å². The summed E-state index contributed by atoms with van der Waals surface area (Å²) in [5.74, 6) is -1.04. The number of hydrogen-bond donors (Lipinski definition) is 1. The molecule has 1 aromatic carbocycles. The molecule has 25 heavy (non-hydrogen) atoms. The molecule has 0 aliphatic carbocycles. The van der Waals surface area contributed by atoms with Gasteiger partial charge < -0.3 is 10.1 Å². The van der Waals surface area contributed by atoms with Gasteiger partial charge in [0, 0.05) is 35.4 Å². The first kappa shape index (κ1) is 18.5. The number of para-hydroxylation sites is 1. The molecule has 1 atom stereocenters. The Balaban J connectivity index is 2.39. The van der Waals surface area contributed by atoms with Crippen LogP contribution in [0.3, 0.4) is 0 Å². The quantitative estimate of drug-likeness (QED) is 0.486. The number of amides is 1. The van der Waals surface area contributed by atoms with Crippen LogP contribution in [0.4, 0.5) is 10.5 Å². The third kappa shape index (κ3) is 4.36. The minimum absolute atomic E-state index is 0.0462. The number of thioether (sulfide) groups is 1. The number of carbonyl (C=O) groups is 2. The predicted octanol–water partition coefficient (Wildman–Crippen LogP) is 2.87. The number of carbonyl (C=O) groups excluding carboxylic acids is 2. The number of nitriles is 1. The SMILES string of the molecule is CCOC(=O)SCC1=C(C#N)C(c2ccccc2[N+](=O)[O-])CC(=O)N1. The van der Waals surface area contributed by atoms with Crippen LogP contribution >= 0.6 is 11.8 Å². The highest BCUT2D eigenvalue weighted by atomic mass is 32.2. The fraction of sp³-hybridized carbons (Fsp3) is 0.312. The summed E-state index contributed by atoms with van der Waals surface area (Å²) < 4.78 is 4.81. The maximum absolute atomic E-state index is 12.0. The van der Waals surface area contributed by atoms with Gasteiger partial charge in [-0.25, -0.2) is 4.79 Å². The molecule has 0 spiro atoms. The van der Waals surface area contributed by atoms with E-state index >= 15 is 0 Å². The minimum Gasteiger partial charge on any atom is -0.458 e. The fourth-order valence-electron chi connectivity index (χ4n) is 2.55. The molecule has 8 nitrogen and oxygen atoms in total. The van der Waals surface area contributed by atoms with Crippen LogP contribution in [-0.2, 0) is 9.53 Å². The Morgan fingerprint density at radius 1 is 1.52 bits per heavy atom. The third-order valence-electron chi connectivity index (χ3n) is 3.58. The van der Waals surface area contributed by atoms with Crippen molar-refractivity contribution in [3.05, 3.63) is 51.2 Å². The van der Waals surface area contributed by atoms with E-state index in [0.717, 1.165) is 11.8 Å². The van der Waals surface area contributed by atoms with Crippen molar-refractivity contribution in [3.63, 3.8) is 0 Å². The smallest absolute Gasteiger partial charge is 0.367 e. The molecule has 1 N–H and O–H groups in total. The van der Waals surface area contributed by atoms with Gasteiger partial charge in [0.1, 0.15) is 0 Å². The van der Waals surface area contributed by atoms with E-state index in [1.165, 1.54) is 18.2 Å². The number of nitro benzene ring substituents is 1. The van der Waals surface area contributed by atoms with Gasteiger partial charge in [0.2, 0.25) is 5.91 Å². The monoisotopic (exact) mass is 361 g/mol. The number of nitro groups is 1. The molecule has 0 bridgehead atoms. The van der Waals surface area contributed by atoms with Crippen LogP contribution in [0.15, 0.2) is 35.5 Å². The lowest BCUT2D eigenvalue weighted by atomic mass is 9.84. The summed E-state index contributed by atoms with van der Waals surface area (Å²) in [5, 5.41) is 22.8. The number of benzene rings is 1. The zero-order chi connectivity index (χ0) is 18.4. The first-order valence-corrected chi connectivity index (χ1v) is 8.42. The molecule has 0 saturated carbocycles. The fourth-order valence-corrected chi connectivity index (χ4v) is 3.24. The first-order valence-electron chi connectivity index (χ1n) is 7.43. The number of hydrogen-bond acceptors (Lipinski definition) is 7. The molecule has 1 unspecified atom stereocenters. The van der Waals surface area contributed by atoms with E-state index in [0.29, 0.717) is 5.56 Å². The summed E-state index contributed by atoms with van der Waals surface area (Å²) >= 11 is 0.818. The number of nitrogens with zero attached hydrogens (tertiary/aromatic N) is 2. The molecule has 2 rings (SSSR count). The average Bonchev–Trinajstić information content (AvgIpc) is 2.59. The van der Waals surface area contributed by atoms with Crippen molar-refractivity contribution in [1.82, 2.24) is 5.32 Å². The van der Waals surface area contributed by atoms with Crippen LogP contribution in [-0.4, -0.2) is 28.5 Å². The van der Waals surface area contributed by atoms with E-state index < -0.39 is 16.1 Å². The van der Waals surface area contributed by atoms with Crippen LogP contribution in [0.5, 0.6) is 0 Å². The van der Waals surface area contributed by atoms with E-state index in [2.05, 4.69) is 5.32 Å². The van der Waals surface area contributed by atoms with Gasteiger partial charge in [-0.15, -0.1) is 0 Å². The predicted molar refractivity (Wildman–Crippen MR) is 90.7 cm³/mol. The maximum Gasteiger partial charge on any atom is 0.367 e. The summed E-state index contributed by atoms with van der Waals surface area (Å²) in [7, 11) is 0. The number of allylic oxidation sites excluding steroid dienone is 1. The molecule has 1 aliphatic rings. The van der Waals surface area contributed by atoms with Gasteiger partial charge in [0.05, 0.1) is 23.2 Å². The van der Waals surface area contributed by atoms with E-state index in [-0.39, 0.29) is 41.6 Å². The highest BCUT2D eigenvalue weighted by molar-refractivity contribution is 8.13. The molecular formula is C16H15N3O5S. The lowest BCUT2D eigenvalue weighted by Crippen LogP contribution is -2.33. The number of nitrogens with one attached hydrogen (secondary N) is 1. The van der Waals surface area contributed by atoms with Gasteiger partial charge in [-0.2, -0.15) is 5.26 Å². The Labute approximate surface area is 148 Å². The van der Waals surface area contributed by atoms with Crippen LogP contribution in [0.1, 0.15) is 24.8 Å². The Kier molecular flexibility index (Phi) is 6.14. The minimum atomic E-state index is -0.724. The average molecular weight is 361 g/mol. The maximum atomic E-state index is 12.0. The van der Waals surface area contributed by atoms with E-state index in [4.69, 9.17) is 4.74 Å². The molecule has 0 fully saturated rings. The van der Waals surface area contributed by atoms with Crippen LogP contribution in [0.25, 0.3) is 0 Å². The largest absolute Gasteiger partial charge is 0.458 e. The summed E-state index contributed by atoms with van der Waals surface area (Å²) in [6, 6.07) is 8.04. The molecule has 1 aliphatic heterocycles. The second kappa shape index (κ2) is 8.30. The first-order chi connectivity index (χ1) is 12.0. The molecule has 1 aromatic rings. The summed E-state index contributed by atoms with van der Waals surface area (Å²) in [6.07, 6.45) is -0.0681. The van der Waals surface area contributed by atoms with Crippen molar-refractivity contribution in [2.45, 2.75) is 19.3 Å². The van der Waals surface area contributed by atoms with Gasteiger partial charge in [0.25, 0.3) is 5.69 Å². The van der Waals surface area contributed by atoms with Crippen LogP contribution < -0.4 is 5.32 Å². The van der Waals surface area contributed by atoms with Crippen molar-refractivity contribution >= 4 is 28.7 Å². The van der Waals surface area contributed by atoms with Crippen molar-refractivity contribution < 1.29 is 19.2 Å². The summed E-state index contributed by atoms with van der Waals surface area (Å²) in [5.41, 5.74) is 0.649. The Morgan fingerprint density at radius 3 is 2.88 bits per heavy atom. The van der Waals surface area contributed by atoms with Crippen molar-refractivity contribution in [2.24, 2.45) is 0 Å². The molecule has 130 valence electrons. The second-order valence-electron chi connectivity index (χ2n) is 5.10. The summed E-state index contributed by atoms with van der Waals surface area (Å²) in [6.45, 7) is 1.90. The highest BCUT2D eigenvalue weighted by Crippen LogP contribution is 2.37. The zero-order valence-electron chi connectivity index (χ0n) is 13.4. The molecule has 0 saturated heterocycles. The molecule has 0 aromatic heterocycles. The zero-order valence-corrected chi connectivity index (χ0v) is 14.2. The van der Waals surface area contributed by atoms with Crippen LogP contribution in [0.2, 0.25) is 0 Å². The Morgan fingerprint density at radius 2 is 2.24 bits per heavy atom. The molecule has 1 heterocycles. The van der Waals surface area contributed by atoms with E-state index in [1.807, 2.05) is 6.07 Å². The number of ether oxygens (including phenoxy) is 1. The van der Waals surface area contributed by atoms with Crippen molar-refractivity contribution in [3.8, 4) is 6.07 Å². The van der Waals surface area contributed by atoms with Crippen LogP contribution in [0, 0.1) is 21.4 Å². The Bertz CT molecular complexity index is 784. The number of rotatable bonds is 5. The van der Waals surface area contributed by atoms with Gasteiger partial charge in [-0.1, -0.05) is 18.2 Å². The third-order valence-corrected chi connectivity index (χ3v) is 4.37. The normalized spacial score (nSPS) is 16.8. The molecular weight excluding hydrogens is 346 g/mol. The highest BCUT2D eigenvalue weighted by Gasteiger charge is 2.33. The molecule has 1 amide bonds. The topological polar surface area (TPSA) is 122 Å². The van der Waals surface area contributed by atoms with E-state index in [9.17, 15) is 25.0 Å². The van der Waals surface area contributed by atoms with Crippen molar-refractivity contribution in [2.75, 3.05) is 12.4 Å². The molecule has 9 heteroatoms. The van der Waals surface area contributed by atoms with Gasteiger partial charge in [-0.3, -0.25) is 14.9 Å². The summed E-state index contributed by atoms with van der Waals surface area (Å²) in [4.78, 5) is 34.2. The lowest BCUT2D eigenvalue weighted by Gasteiger charge is -2.25. The lowest BCUT2D eigenvalue weighted by molar-refractivity contribution is -0.385. The van der Waals surface area contributed by atoms with E-state index in [1.54, 1.807) is 13.0 Å². The van der Waals surface area contributed by atoms with Gasteiger partial charge >= 0.3 is 5.30 Å². The van der Waals surface area contributed by atoms with Gasteiger partial charge in [-0.05, 0) is 18.7 Å². The van der Waals surface area contributed by atoms with Crippen molar-refractivity contribution in [1.29, 1.82) is 5.26 Å². The standard InChI is InChI=1S/C16H15N3O5S/c1-2-24-16(21)25-9-13-12(8-17)11(7-15(20)18-13)10-5-3-4-6-14(10)19(22)23/h3-6,11H,2,7,9H2,1H3,(H,18,20). The Hall–Kier alpha value is -2.86. The molecule has 0 radical (unpaired) electrons.